The Morgan fingerprint density at radius 2 is 1.82 bits per heavy atom. The molecule has 0 aliphatic heterocycles. The number of nitrogens with one attached hydrogen (secondary N) is 1. The van der Waals surface area contributed by atoms with Gasteiger partial charge in [0.05, 0.1) is 14.2 Å². The minimum absolute atomic E-state index is 0.0334. The van der Waals surface area contributed by atoms with Crippen molar-refractivity contribution < 1.29 is 19.1 Å². The Morgan fingerprint density at radius 1 is 1.18 bits per heavy atom. The Labute approximate surface area is 131 Å². The van der Waals surface area contributed by atoms with Crippen LogP contribution in [0.3, 0.4) is 0 Å². The molecule has 1 aromatic carbocycles. The highest BCUT2D eigenvalue weighted by atomic mass is 16.5. The molecule has 122 valence electrons. The van der Waals surface area contributed by atoms with Gasteiger partial charge in [0.25, 0.3) is 0 Å². The van der Waals surface area contributed by atoms with Crippen LogP contribution in [0.1, 0.15) is 27.2 Å². The fraction of sp³-hybridized carbons (Fsp3) is 0.500. The van der Waals surface area contributed by atoms with Gasteiger partial charge in [-0.1, -0.05) is 0 Å². The molecule has 22 heavy (non-hydrogen) atoms. The second kappa shape index (κ2) is 8.26. The van der Waals surface area contributed by atoms with Crippen molar-refractivity contribution in [2.24, 2.45) is 0 Å². The number of amides is 2. The largest absolute Gasteiger partial charge is 0.493 e. The van der Waals surface area contributed by atoms with Gasteiger partial charge in [-0.05, 0) is 26.0 Å². The van der Waals surface area contributed by atoms with E-state index < -0.39 is 0 Å². The third-order valence-corrected chi connectivity index (χ3v) is 3.27. The van der Waals surface area contributed by atoms with Crippen molar-refractivity contribution in [3.63, 3.8) is 0 Å². The van der Waals surface area contributed by atoms with Gasteiger partial charge in [0, 0.05) is 37.7 Å². The van der Waals surface area contributed by atoms with E-state index in [1.807, 2.05) is 13.8 Å². The molecule has 0 aromatic heterocycles. The predicted molar refractivity (Wildman–Crippen MR) is 85.3 cm³/mol. The quantitative estimate of drug-likeness (QED) is 0.839. The van der Waals surface area contributed by atoms with Crippen LogP contribution in [0.15, 0.2) is 18.2 Å². The third-order valence-electron chi connectivity index (χ3n) is 3.27. The molecule has 0 bridgehead atoms. The van der Waals surface area contributed by atoms with Gasteiger partial charge in [-0.3, -0.25) is 9.59 Å². The molecule has 2 amide bonds. The van der Waals surface area contributed by atoms with Crippen molar-refractivity contribution in [3.8, 4) is 11.5 Å². The predicted octanol–water partition coefficient (Wildman–Crippen LogP) is 2.29. The lowest BCUT2D eigenvalue weighted by Gasteiger charge is -2.25. The number of nitrogens with zero attached hydrogens (tertiary/aromatic N) is 1. The van der Waals surface area contributed by atoms with E-state index in [-0.39, 0.29) is 24.3 Å². The van der Waals surface area contributed by atoms with Crippen molar-refractivity contribution in [1.82, 2.24) is 4.90 Å². The molecule has 0 heterocycles. The van der Waals surface area contributed by atoms with Gasteiger partial charge in [-0.2, -0.15) is 0 Å². The van der Waals surface area contributed by atoms with Crippen LogP contribution in [0.5, 0.6) is 11.5 Å². The number of benzene rings is 1. The van der Waals surface area contributed by atoms with E-state index in [9.17, 15) is 9.59 Å². The van der Waals surface area contributed by atoms with Crippen LogP contribution >= 0.6 is 0 Å². The minimum Gasteiger partial charge on any atom is -0.493 e. The Balaban J connectivity index is 2.63. The van der Waals surface area contributed by atoms with Gasteiger partial charge in [-0.15, -0.1) is 0 Å². The van der Waals surface area contributed by atoms with Crippen LogP contribution < -0.4 is 14.8 Å². The first-order valence-electron chi connectivity index (χ1n) is 7.18. The van der Waals surface area contributed by atoms with E-state index in [1.54, 1.807) is 30.2 Å². The van der Waals surface area contributed by atoms with Gasteiger partial charge in [0.1, 0.15) is 0 Å². The van der Waals surface area contributed by atoms with E-state index >= 15 is 0 Å². The number of rotatable bonds is 7. The maximum Gasteiger partial charge on any atom is 0.226 e. The number of hydrogen-bond acceptors (Lipinski definition) is 4. The molecule has 0 spiro atoms. The zero-order chi connectivity index (χ0) is 16.7. The van der Waals surface area contributed by atoms with Gasteiger partial charge in [-0.25, -0.2) is 0 Å². The lowest BCUT2D eigenvalue weighted by molar-refractivity contribution is -0.130. The summed E-state index contributed by atoms with van der Waals surface area (Å²) in [6, 6.07) is 5.24. The molecule has 0 saturated carbocycles. The van der Waals surface area contributed by atoms with Gasteiger partial charge < -0.3 is 19.7 Å². The summed E-state index contributed by atoms with van der Waals surface area (Å²) in [5.41, 5.74) is 0.626. The van der Waals surface area contributed by atoms with Crippen LogP contribution in [0.2, 0.25) is 0 Å². The number of ether oxygens (including phenoxy) is 2. The Hall–Kier alpha value is -2.24. The minimum atomic E-state index is -0.154. The molecule has 0 aliphatic carbocycles. The highest BCUT2D eigenvalue weighted by Crippen LogP contribution is 2.29. The van der Waals surface area contributed by atoms with E-state index in [0.717, 1.165) is 0 Å². The summed E-state index contributed by atoms with van der Waals surface area (Å²) in [6.07, 6.45) is 0.242. The lowest BCUT2D eigenvalue weighted by Crippen LogP contribution is -2.37. The van der Waals surface area contributed by atoms with Crippen LogP contribution in [0.25, 0.3) is 0 Å². The fourth-order valence-corrected chi connectivity index (χ4v) is 2.14. The SMILES string of the molecule is COc1ccc(NC(=O)CCN(C(C)=O)C(C)C)cc1OC. The molecular formula is C16H24N2O4. The van der Waals surface area contributed by atoms with Crippen molar-refractivity contribution in [3.05, 3.63) is 18.2 Å². The first-order valence-corrected chi connectivity index (χ1v) is 7.18. The number of methoxy groups -OCH3 is 2. The smallest absolute Gasteiger partial charge is 0.226 e. The maximum absolute atomic E-state index is 12.0. The zero-order valence-electron chi connectivity index (χ0n) is 13.8. The van der Waals surface area contributed by atoms with Crippen molar-refractivity contribution in [2.45, 2.75) is 33.2 Å². The summed E-state index contributed by atoms with van der Waals surface area (Å²) in [5, 5.41) is 2.79. The monoisotopic (exact) mass is 308 g/mol. The standard InChI is InChI=1S/C16H24N2O4/c1-11(2)18(12(3)19)9-8-16(20)17-13-6-7-14(21-4)15(10-13)22-5/h6-7,10-11H,8-9H2,1-5H3,(H,17,20). The molecule has 6 heteroatoms. The fourth-order valence-electron chi connectivity index (χ4n) is 2.14. The van der Waals surface area contributed by atoms with Gasteiger partial charge in [0.2, 0.25) is 11.8 Å². The molecule has 1 N–H and O–H groups in total. The van der Waals surface area contributed by atoms with E-state index in [1.165, 1.54) is 14.0 Å². The molecule has 0 aliphatic rings. The highest BCUT2D eigenvalue weighted by molar-refractivity contribution is 5.91. The summed E-state index contributed by atoms with van der Waals surface area (Å²) >= 11 is 0. The van der Waals surface area contributed by atoms with Crippen molar-refractivity contribution in [1.29, 1.82) is 0 Å². The molecule has 1 aromatic rings. The molecule has 0 radical (unpaired) electrons. The van der Waals surface area contributed by atoms with E-state index in [4.69, 9.17) is 9.47 Å². The summed E-state index contributed by atoms with van der Waals surface area (Å²) in [5.74, 6) is 0.962. The number of anilines is 1. The second-order valence-corrected chi connectivity index (χ2v) is 5.17. The molecular weight excluding hydrogens is 284 g/mol. The average molecular weight is 308 g/mol. The molecule has 0 atom stereocenters. The third kappa shape index (κ3) is 4.95. The molecule has 6 nitrogen and oxygen atoms in total. The molecule has 0 unspecified atom stereocenters. The van der Waals surface area contributed by atoms with E-state index in [0.29, 0.717) is 23.7 Å². The number of hydrogen-bond donors (Lipinski definition) is 1. The lowest BCUT2D eigenvalue weighted by atomic mass is 10.2. The Kier molecular flexibility index (Phi) is 6.69. The van der Waals surface area contributed by atoms with Crippen LogP contribution in [0, 0.1) is 0 Å². The average Bonchev–Trinajstić information content (AvgIpc) is 2.46. The molecule has 0 saturated heterocycles. The number of carbonyl (C=O) groups is 2. The van der Waals surface area contributed by atoms with Crippen LogP contribution in [0.4, 0.5) is 5.69 Å². The van der Waals surface area contributed by atoms with Crippen molar-refractivity contribution in [2.75, 3.05) is 26.1 Å². The first kappa shape index (κ1) is 17.8. The topological polar surface area (TPSA) is 67.9 Å². The van der Waals surface area contributed by atoms with E-state index in [2.05, 4.69) is 5.32 Å². The summed E-state index contributed by atoms with van der Waals surface area (Å²) < 4.78 is 10.3. The summed E-state index contributed by atoms with van der Waals surface area (Å²) in [6.45, 7) is 5.75. The maximum atomic E-state index is 12.0. The first-order chi connectivity index (χ1) is 10.4. The van der Waals surface area contributed by atoms with Gasteiger partial charge in [0.15, 0.2) is 11.5 Å². The van der Waals surface area contributed by atoms with Crippen molar-refractivity contribution >= 4 is 17.5 Å². The van der Waals surface area contributed by atoms with Gasteiger partial charge >= 0.3 is 0 Å². The molecule has 0 fully saturated rings. The summed E-state index contributed by atoms with van der Waals surface area (Å²) in [7, 11) is 3.09. The zero-order valence-corrected chi connectivity index (χ0v) is 13.8. The second-order valence-electron chi connectivity index (χ2n) is 5.17. The normalized spacial score (nSPS) is 10.3. The Bertz CT molecular complexity index is 529. The molecule has 1 rings (SSSR count). The highest BCUT2D eigenvalue weighted by Gasteiger charge is 2.14. The number of carbonyl (C=O) groups excluding carboxylic acids is 2. The van der Waals surface area contributed by atoms with Crippen LogP contribution in [-0.2, 0) is 9.59 Å². The Morgan fingerprint density at radius 3 is 2.32 bits per heavy atom. The van der Waals surface area contributed by atoms with Crippen LogP contribution in [-0.4, -0.2) is 43.5 Å². The summed E-state index contributed by atoms with van der Waals surface area (Å²) in [4.78, 5) is 25.1.